The molecular formula is C16H17FN2O. The summed E-state index contributed by atoms with van der Waals surface area (Å²) < 4.78 is 13.2. The number of aryl methyl sites for hydroxylation is 2. The van der Waals surface area contributed by atoms with Crippen LogP contribution in [0.3, 0.4) is 0 Å². The number of fused-ring (bicyclic) bond motifs is 1. The first-order valence-electron chi connectivity index (χ1n) is 7.04. The first-order valence-corrected chi connectivity index (χ1v) is 7.04. The number of aromatic nitrogens is 2. The van der Waals surface area contributed by atoms with Gasteiger partial charge in [0.15, 0.2) is 0 Å². The van der Waals surface area contributed by atoms with E-state index >= 15 is 0 Å². The highest BCUT2D eigenvalue weighted by atomic mass is 19.1. The minimum Gasteiger partial charge on any atom is -0.306 e. The van der Waals surface area contributed by atoms with E-state index in [1.54, 1.807) is 6.07 Å². The van der Waals surface area contributed by atoms with Gasteiger partial charge in [0, 0.05) is 11.1 Å². The maximum Gasteiger partial charge on any atom is 0.254 e. The molecule has 0 radical (unpaired) electrons. The number of halogens is 1. The number of hydrogen-bond donors (Lipinski definition) is 1. The van der Waals surface area contributed by atoms with Gasteiger partial charge in [0.05, 0.1) is 5.69 Å². The van der Waals surface area contributed by atoms with Crippen LogP contribution in [0.2, 0.25) is 0 Å². The van der Waals surface area contributed by atoms with Crippen LogP contribution in [0.15, 0.2) is 23.0 Å². The fourth-order valence-electron chi connectivity index (χ4n) is 2.80. The maximum absolute atomic E-state index is 13.2. The Labute approximate surface area is 116 Å². The number of aromatic amines is 1. The summed E-state index contributed by atoms with van der Waals surface area (Å²) in [6.45, 7) is 1.82. The van der Waals surface area contributed by atoms with Crippen LogP contribution in [-0.4, -0.2) is 9.97 Å². The van der Waals surface area contributed by atoms with Crippen LogP contribution >= 0.6 is 0 Å². The Hall–Kier alpha value is -1.97. The fraction of sp³-hybridized carbons (Fsp3) is 0.375. The summed E-state index contributed by atoms with van der Waals surface area (Å²) in [6, 6.07) is 4.53. The van der Waals surface area contributed by atoms with Crippen molar-refractivity contribution < 1.29 is 4.39 Å². The number of benzene rings is 1. The van der Waals surface area contributed by atoms with Gasteiger partial charge in [-0.1, -0.05) is 6.42 Å². The second-order valence-corrected chi connectivity index (χ2v) is 5.36. The van der Waals surface area contributed by atoms with Gasteiger partial charge in [0.25, 0.3) is 5.56 Å². The van der Waals surface area contributed by atoms with Crippen LogP contribution in [0.4, 0.5) is 4.39 Å². The van der Waals surface area contributed by atoms with Crippen LogP contribution in [0, 0.1) is 12.7 Å². The van der Waals surface area contributed by atoms with Gasteiger partial charge < -0.3 is 4.98 Å². The van der Waals surface area contributed by atoms with Crippen LogP contribution in [0.1, 0.15) is 36.1 Å². The lowest BCUT2D eigenvalue weighted by Gasteiger charge is -2.09. The lowest BCUT2D eigenvalue weighted by Crippen LogP contribution is -2.18. The molecule has 0 amide bonds. The molecule has 0 fully saturated rings. The summed E-state index contributed by atoms with van der Waals surface area (Å²) >= 11 is 0. The molecule has 1 aliphatic carbocycles. The lowest BCUT2D eigenvalue weighted by atomic mass is 10.1. The number of hydrogen-bond acceptors (Lipinski definition) is 2. The predicted octanol–water partition coefficient (Wildman–Crippen LogP) is 3.15. The molecule has 0 saturated carbocycles. The summed E-state index contributed by atoms with van der Waals surface area (Å²) in [7, 11) is 0. The number of H-pyrrole nitrogens is 1. The normalized spacial score (nSPS) is 14.7. The molecule has 1 aromatic carbocycles. The summed E-state index contributed by atoms with van der Waals surface area (Å²) in [5, 5.41) is 0. The van der Waals surface area contributed by atoms with E-state index in [0.29, 0.717) is 5.82 Å². The van der Waals surface area contributed by atoms with Gasteiger partial charge in [0.2, 0.25) is 0 Å². The Morgan fingerprint density at radius 2 is 2.00 bits per heavy atom. The van der Waals surface area contributed by atoms with E-state index in [4.69, 9.17) is 0 Å². The Morgan fingerprint density at radius 1 is 1.20 bits per heavy atom. The molecule has 1 aromatic heterocycles. The highest BCUT2D eigenvalue weighted by Gasteiger charge is 2.15. The van der Waals surface area contributed by atoms with Crippen molar-refractivity contribution in [2.75, 3.05) is 0 Å². The van der Waals surface area contributed by atoms with Gasteiger partial charge in [-0.3, -0.25) is 4.79 Å². The maximum atomic E-state index is 13.2. The molecule has 2 aromatic rings. The Kier molecular flexibility index (Phi) is 3.38. The second kappa shape index (κ2) is 5.19. The van der Waals surface area contributed by atoms with Crippen molar-refractivity contribution in [3.05, 3.63) is 51.2 Å². The second-order valence-electron chi connectivity index (χ2n) is 5.36. The summed E-state index contributed by atoms with van der Waals surface area (Å²) in [6.07, 6.45) is 4.92. The Morgan fingerprint density at radius 3 is 2.80 bits per heavy atom. The zero-order valence-corrected chi connectivity index (χ0v) is 11.5. The van der Waals surface area contributed by atoms with E-state index in [1.807, 2.05) is 6.92 Å². The molecule has 0 spiro atoms. The Balaban J connectivity index is 2.13. The molecule has 0 aliphatic heterocycles. The van der Waals surface area contributed by atoms with Crippen molar-refractivity contribution in [2.45, 2.75) is 39.0 Å². The number of rotatable bonds is 1. The molecule has 0 unspecified atom stereocenters. The van der Waals surface area contributed by atoms with Gasteiger partial charge in [-0.15, -0.1) is 0 Å². The van der Waals surface area contributed by atoms with Crippen molar-refractivity contribution >= 4 is 0 Å². The van der Waals surface area contributed by atoms with E-state index in [-0.39, 0.29) is 11.4 Å². The molecule has 1 aliphatic rings. The van der Waals surface area contributed by atoms with E-state index in [2.05, 4.69) is 9.97 Å². The smallest absolute Gasteiger partial charge is 0.254 e. The average Bonchev–Trinajstić information content (AvgIpc) is 2.64. The van der Waals surface area contributed by atoms with E-state index in [0.717, 1.165) is 54.5 Å². The SMILES string of the molecule is Cc1cc(F)ccc1-c1nc2c(c(=O)[nH]1)CCCCC2. The first kappa shape index (κ1) is 13.0. The quantitative estimate of drug-likeness (QED) is 0.810. The fourth-order valence-corrected chi connectivity index (χ4v) is 2.80. The van der Waals surface area contributed by atoms with Crippen molar-refractivity contribution in [3.8, 4) is 11.4 Å². The van der Waals surface area contributed by atoms with Crippen LogP contribution in [0.25, 0.3) is 11.4 Å². The van der Waals surface area contributed by atoms with Crippen molar-refractivity contribution in [1.29, 1.82) is 0 Å². The predicted molar refractivity (Wildman–Crippen MR) is 76.2 cm³/mol. The molecule has 4 heteroatoms. The van der Waals surface area contributed by atoms with Gasteiger partial charge in [-0.2, -0.15) is 0 Å². The molecule has 0 atom stereocenters. The zero-order valence-electron chi connectivity index (χ0n) is 11.5. The Bertz CT molecular complexity index is 706. The molecule has 1 heterocycles. The molecule has 1 N–H and O–H groups in total. The highest BCUT2D eigenvalue weighted by Crippen LogP contribution is 2.22. The van der Waals surface area contributed by atoms with Gasteiger partial charge in [-0.05, 0) is 56.4 Å². The molecule has 0 bridgehead atoms. The minimum absolute atomic E-state index is 0.0457. The van der Waals surface area contributed by atoms with E-state index < -0.39 is 0 Å². The van der Waals surface area contributed by atoms with Crippen molar-refractivity contribution in [1.82, 2.24) is 9.97 Å². The van der Waals surface area contributed by atoms with Crippen LogP contribution in [0.5, 0.6) is 0 Å². The average molecular weight is 272 g/mol. The number of nitrogens with one attached hydrogen (secondary N) is 1. The summed E-state index contributed by atoms with van der Waals surface area (Å²) in [5.41, 5.74) is 3.25. The van der Waals surface area contributed by atoms with Gasteiger partial charge in [-0.25, -0.2) is 9.37 Å². The summed E-state index contributed by atoms with van der Waals surface area (Å²) in [5.74, 6) is 0.275. The monoisotopic (exact) mass is 272 g/mol. The molecule has 3 nitrogen and oxygen atoms in total. The minimum atomic E-state index is -0.275. The van der Waals surface area contributed by atoms with Gasteiger partial charge >= 0.3 is 0 Å². The first-order chi connectivity index (χ1) is 9.65. The standard InChI is InChI=1S/C16H17FN2O/c1-10-9-11(17)7-8-12(10)15-18-14-6-4-2-3-5-13(14)16(20)19-15/h7-9H,2-6H2,1H3,(H,18,19,20). The largest absolute Gasteiger partial charge is 0.306 e. The molecule has 3 rings (SSSR count). The van der Waals surface area contributed by atoms with E-state index in [1.165, 1.54) is 12.1 Å². The van der Waals surface area contributed by atoms with Crippen LogP contribution < -0.4 is 5.56 Å². The molecule has 0 saturated heterocycles. The number of nitrogens with zero attached hydrogens (tertiary/aromatic N) is 1. The van der Waals surface area contributed by atoms with E-state index in [9.17, 15) is 9.18 Å². The van der Waals surface area contributed by atoms with Crippen LogP contribution in [-0.2, 0) is 12.8 Å². The highest BCUT2D eigenvalue weighted by molar-refractivity contribution is 5.60. The third-order valence-corrected chi connectivity index (χ3v) is 3.89. The molecule has 104 valence electrons. The lowest BCUT2D eigenvalue weighted by molar-refractivity contribution is 0.627. The zero-order chi connectivity index (χ0) is 14.1. The molecular weight excluding hydrogens is 255 g/mol. The van der Waals surface area contributed by atoms with Crippen molar-refractivity contribution in [2.24, 2.45) is 0 Å². The third kappa shape index (κ3) is 2.38. The van der Waals surface area contributed by atoms with Crippen molar-refractivity contribution in [3.63, 3.8) is 0 Å². The van der Waals surface area contributed by atoms with Gasteiger partial charge in [0.1, 0.15) is 11.6 Å². The topological polar surface area (TPSA) is 45.8 Å². The summed E-state index contributed by atoms with van der Waals surface area (Å²) in [4.78, 5) is 19.7. The molecule has 20 heavy (non-hydrogen) atoms. The third-order valence-electron chi connectivity index (χ3n) is 3.89.